The molecule has 1 aromatic carbocycles. The highest BCUT2D eigenvalue weighted by molar-refractivity contribution is 5.95. The first-order valence-electron chi connectivity index (χ1n) is 13.0. The van der Waals surface area contributed by atoms with E-state index in [-0.39, 0.29) is 25.2 Å². The number of carboxylic acids is 1. The highest BCUT2D eigenvalue weighted by Crippen LogP contribution is 2.19. The van der Waals surface area contributed by atoms with Crippen LogP contribution in [0.1, 0.15) is 52.5 Å². The predicted molar refractivity (Wildman–Crippen MR) is 146 cm³/mol. The summed E-state index contributed by atoms with van der Waals surface area (Å²) in [6.07, 6.45) is 1.85. The molecule has 1 aromatic heterocycles. The summed E-state index contributed by atoms with van der Waals surface area (Å²) in [5.74, 6) is -4.20. The normalized spacial score (nSPS) is 14.4. The molecule has 0 aliphatic heterocycles. The molecule has 4 unspecified atom stereocenters. The fraction of sp³-hybridized carbons (Fsp3) is 0.519. The Bertz CT molecular complexity index is 1180. The summed E-state index contributed by atoms with van der Waals surface area (Å²) in [7, 11) is 0. The highest BCUT2D eigenvalue weighted by atomic mass is 16.4. The fourth-order valence-electron chi connectivity index (χ4n) is 4.22. The second-order valence-electron chi connectivity index (χ2n) is 10.5. The smallest absolute Gasteiger partial charge is 0.326 e. The number of rotatable bonds is 15. The van der Waals surface area contributed by atoms with Gasteiger partial charge in [0.2, 0.25) is 23.6 Å². The molecule has 0 radical (unpaired) electrons. The summed E-state index contributed by atoms with van der Waals surface area (Å²) in [6.45, 7) is 7.10. The van der Waals surface area contributed by atoms with Crippen LogP contribution in [0.15, 0.2) is 30.5 Å². The Balaban J connectivity index is 2.32. The molecule has 0 saturated carbocycles. The molecule has 1 heterocycles. The molecule has 0 saturated heterocycles. The largest absolute Gasteiger partial charge is 0.480 e. The molecule has 2 rings (SSSR count). The first-order valence-corrected chi connectivity index (χ1v) is 13.0. The van der Waals surface area contributed by atoms with Crippen molar-refractivity contribution in [2.75, 3.05) is 0 Å². The van der Waals surface area contributed by atoms with Gasteiger partial charge in [-0.25, -0.2) is 4.79 Å². The lowest BCUT2D eigenvalue weighted by atomic mass is 10.0. The van der Waals surface area contributed by atoms with Crippen LogP contribution in [-0.4, -0.2) is 63.9 Å². The van der Waals surface area contributed by atoms with Gasteiger partial charge in [0.25, 0.3) is 0 Å². The quantitative estimate of drug-likeness (QED) is 0.169. The minimum Gasteiger partial charge on any atom is -0.480 e. The van der Waals surface area contributed by atoms with E-state index in [9.17, 15) is 29.1 Å². The first-order chi connectivity index (χ1) is 18.3. The molecular weight excluding hydrogens is 504 g/mol. The monoisotopic (exact) mass is 544 g/mol. The van der Waals surface area contributed by atoms with E-state index in [2.05, 4.69) is 20.9 Å². The van der Waals surface area contributed by atoms with Crippen molar-refractivity contribution < 1.29 is 29.1 Å². The van der Waals surface area contributed by atoms with E-state index in [4.69, 9.17) is 11.5 Å². The first kappa shape index (κ1) is 31.3. The summed E-state index contributed by atoms with van der Waals surface area (Å²) in [4.78, 5) is 65.6. The molecule has 12 nitrogen and oxygen atoms in total. The number of aromatic nitrogens is 1. The minimum atomic E-state index is -1.27. The molecule has 4 atom stereocenters. The summed E-state index contributed by atoms with van der Waals surface area (Å²) >= 11 is 0. The Kier molecular flexibility index (Phi) is 11.5. The van der Waals surface area contributed by atoms with Crippen molar-refractivity contribution in [3.8, 4) is 0 Å². The number of hydrogen-bond donors (Lipinski definition) is 7. The van der Waals surface area contributed by atoms with Crippen molar-refractivity contribution in [2.24, 2.45) is 23.3 Å². The predicted octanol–water partition coefficient (Wildman–Crippen LogP) is 0.544. The van der Waals surface area contributed by atoms with Crippen LogP contribution >= 0.6 is 0 Å². The van der Waals surface area contributed by atoms with Crippen LogP contribution in [0, 0.1) is 11.8 Å². The topological polar surface area (TPSA) is 209 Å². The number of H-pyrrole nitrogens is 1. The molecule has 0 bridgehead atoms. The Hall–Kier alpha value is -3.93. The van der Waals surface area contributed by atoms with Crippen molar-refractivity contribution in [1.29, 1.82) is 0 Å². The third-order valence-corrected chi connectivity index (χ3v) is 6.34. The van der Waals surface area contributed by atoms with E-state index in [0.29, 0.717) is 6.42 Å². The standard InChI is InChI=1S/C27H40N6O6/c1-14(2)11-18(28)24(35)32-21(12-16-13-30-19-8-6-5-7-17(16)19)26(37)31-20(9-10-22(29)34)25(36)33-23(15(3)4)27(38)39/h5-8,13-15,18,20-21,23,30H,9-12,28H2,1-4H3,(H2,29,34)(H,31,37)(H,32,35)(H,33,36)(H,38,39). The molecule has 0 spiro atoms. The van der Waals surface area contributed by atoms with Crippen LogP contribution in [0.5, 0.6) is 0 Å². The van der Waals surface area contributed by atoms with Crippen molar-refractivity contribution >= 4 is 40.5 Å². The van der Waals surface area contributed by atoms with Crippen LogP contribution in [0.2, 0.25) is 0 Å². The van der Waals surface area contributed by atoms with Gasteiger partial charge in [-0.2, -0.15) is 0 Å². The Labute approximate surface area is 227 Å². The number of para-hydroxylation sites is 1. The van der Waals surface area contributed by atoms with Gasteiger partial charge in [-0.05, 0) is 36.3 Å². The number of nitrogens with two attached hydrogens (primary N) is 2. The van der Waals surface area contributed by atoms with E-state index in [0.717, 1.165) is 16.5 Å². The van der Waals surface area contributed by atoms with Crippen LogP contribution in [0.4, 0.5) is 0 Å². The van der Waals surface area contributed by atoms with E-state index < -0.39 is 59.7 Å². The second-order valence-corrected chi connectivity index (χ2v) is 10.5. The lowest BCUT2D eigenvalue weighted by molar-refractivity contribution is -0.143. The number of amides is 4. The van der Waals surface area contributed by atoms with E-state index in [1.54, 1.807) is 20.0 Å². The van der Waals surface area contributed by atoms with Crippen LogP contribution in [0.25, 0.3) is 10.9 Å². The molecule has 4 amide bonds. The average molecular weight is 545 g/mol. The second kappa shape index (κ2) is 14.3. The summed E-state index contributed by atoms with van der Waals surface area (Å²) in [6, 6.07) is 3.04. The highest BCUT2D eigenvalue weighted by Gasteiger charge is 2.32. The number of benzene rings is 1. The zero-order valence-corrected chi connectivity index (χ0v) is 22.8. The number of hydrogen-bond acceptors (Lipinski definition) is 6. The number of fused-ring (bicyclic) bond motifs is 1. The van der Waals surface area contributed by atoms with Gasteiger partial charge in [-0.15, -0.1) is 0 Å². The maximum absolute atomic E-state index is 13.5. The van der Waals surface area contributed by atoms with E-state index in [1.807, 2.05) is 38.1 Å². The third kappa shape index (κ3) is 9.40. The number of primary amides is 1. The molecule has 0 aliphatic carbocycles. The zero-order chi connectivity index (χ0) is 29.3. The van der Waals surface area contributed by atoms with Crippen molar-refractivity contribution in [3.05, 3.63) is 36.0 Å². The molecule has 0 fully saturated rings. The maximum atomic E-state index is 13.5. The molecule has 214 valence electrons. The average Bonchev–Trinajstić information content (AvgIpc) is 3.26. The number of carbonyl (C=O) groups excluding carboxylic acids is 4. The van der Waals surface area contributed by atoms with E-state index >= 15 is 0 Å². The summed E-state index contributed by atoms with van der Waals surface area (Å²) in [5.41, 5.74) is 12.9. The van der Waals surface area contributed by atoms with Gasteiger partial charge in [0.1, 0.15) is 18.1 Å². The van der Waals surface area contributed by atoms with Crippen LogP contribution in [0.3, 0.4) is 0 Å². The summed E-state index contributed by atoms with van der Waals surface area (Å²) < 4.78 is 0. The minimum absolute atomic E-state index is 0.0872. The number of carbonyl (C=O) groups is 5. The van der Waals surface area contributed by atoms with E-state index in [1.165, 1.54) is 0 Å². The lowest BCUT2D eigenvalue weighted by Gasteiger charge is -2.26. The molecule has 2 aromatic rings. The maximum Gasteiger partial charge on any atom is 0.326 e. The summed E-state index contributed by atoms with van der Waals surface area (Å²) in [5, 5.41) is 18.0. The van der Waals surface area contributed by atoms with Gasteiger partial charge in [0.05, 0.1) is 6.04 Å². The fourth-order valence-corrected chi connectivity index (χ4v) is 4.22. The van der Waals surface area contributed by atoms with Gasteiger partial charge < -0.3 is 37.5 Å². The number of aliphatic carboxylic acids is 1. The number of nitrogens with one attached hydrogen (secondary N) is 4. The molecule has 12 heteroatoms. The number of aromatic amines is 1. The number of carboxylic acid groups (broad SMARTS) is 1. The van der Waals surface area contributed by atoms with Gasteiger partial charge in [0.15, 0.2) is 0 Å². The Morgan fingerprint density at radius 1 is 0.923 bits per heavy atom. The molecule has 9 N–H and O–H groups in total. The van der Waals surface area contributed by atoms with Gasteiger partial charge in [-0.1, -0.05) is 45.9 Å². The SMILES string of the molecule is CC(C)CC(N)C(=O)NC(Cc1c[nH]c2ccccc12)C(=O)NC(CCC(N)=O)C(=O)NC(C(=O)O)C(C)C. The lowest BCUT2D eigenvalue weighted by Crippen LogP contribution is -2.58. The Morgan fingerprint density at radius 3 is 2.13 bits per heavy atom. The molecule has 0 aliphatic rings. The van der Waals surface area contributed by atoms with Gasteiger partial charge in [0, 0.05) is 29.9 Å². The van der Waals surface area contributed by atoms with Crippen LogP contribution in [-0.2, 0) is 30.4 Å². The molecular formula is C27H40N6O6. The van der Waals surface area contributed by atoms with Crippen molar-refractivity contribution in [2.45, 2.75) is 77.5 Å². The third-order valence-electron chi connectivity index (χ3n) is 6.34. The van der Waals surface area contributed by atoms with Crippen LogP contribution < -0.4 is 27.4 Å². The zero-order valence-electron chi connectivity index (χ0n) is 22.8. The van der Waals surface area contributed by atoms with Gasteiger partial charge >= 0.3 is 5.97 Å². The molecule has 39 heavy (non-hydrogen) atoms. The Morgan fingerprint density at radius 2 is 1.54 bits per heavy atom. The van der Waals surface area contributed by atoms with Gasteiger partial charge in [-0.3, -0.25) is 19.2 Å². The van der Waals surface area contributed by atoms with Crippen molar-refractivity contribution in [3.63, 3.8) is 0 Å². The van der Waals surface area contributed by atoms with Crippen molar-refractivity contribution in [1.82, 2.24) is 20.9 Å².